The summed E-state index contributed by atoms with van der Waals surface area (Å²) in [4.78, 5) is 23.2. The first kappa shape index (κ1) is 33.4. The fraction of sp³-hybridized carbons (Fsp3) is 0.474. The number of hydrogen-bond donors (Lipinski definition) is 1. The Kier molecular flexibility index (Phi) is 9.54. The maximum absolute atomic E-state index is 13.3. The van der Waals surface area contributed by atoms with Crippen LogP contribution in [0.2, 0.25) is 0 Å². The summed E-state index contributed by atoms with van der Waals surface area (Å²) in [6, 6.07) is 26.5. The molecule has 2 unspecified atom stereocenters. The van der Waals surface area contributed by atoms with Gasteiger partial charge in [-0.3, -0.25) is 9.69 Å². The van der Waals surface area contributed by atoms with E-state index in [9.17, 15) is 13.2 Å². The number of amides is 1. The van der Waals surface area contributed by atoms with Crippen LogP contribution in [0.4, 0.5) is 0 Å². The molecule has 4 aromatic rings. The van der Waals surface area contributed by atoms with E-state index >= 15 is 0 Å². The Labute approximate surface area is 292 Å². The number of nitrogens with zero attached hydrogens (tertiary/aromatic N) is 4. The molecule has 1 aromatic heterocycles. The van der Waals surface area contributed by atoms with E-state index in [1.165, 1.54) is 36.8 Å². The summed E-state index contributed by atoms with van der Waals surface area (Å²) in [5.41, 5.74) is 4.70. The van der Waals surface area contributed by atoms with Crippen molar-refractivity contribution in [1.29, 1.82) is 0 Å². The van der Waals surface area contributed by atoms with Crippen molar-refractivity contribution in [1.82, 2.24) is 19.4 Å². The van der Waals surface area contributed by atoms with Gasteiger partial charge < -0.3 is 9.47 Å². The van der Waals surface area contributed by atoms with Gasteiger partial charge >= 0.3 is 0 Å². The van der Waals surface area contributed by atoms with Gasteiger partial charge in [0.05, 0.1) is 15.9 Å². The normalized spacial score (nSPS) is 22.7. The molecule has 3 aromatic carbocycles. The third-order valence-electron chi connectivity index (χ3n) is 11.5. The number of fused-ring (bicyclic) bond motifs is 3. The van der Waals surface area contributed by atoms with Crippen LogP contribution in [0.5, 0.6) is 0 Å². The molecular formula is C38H46BrN5O3S. The van der Waals surface area contributed by atoms with Crippen molar-refractivity contribution in [3.05, 3.63) is 94.2 Å². The van der Waals surface area contributed by atoms with E-state index in [0.717, 1.165) is 55.8 Å². The molecule has 2 N–H and O–H groups in total. The van der Waals surface area contributed by atoms with E-state index in [1.807, 2.05) is 11.0 Å². The molecule has 0 spiro atoms. The Morgan fingerprint density at radius 3 is 2.35 bits per heavy atom. The highest BCUT2D eigenvalue weighted by atomic mass is 79.9. The van der Waals surface area contributed by atoms with Crippen LogP contribution in [0.1, 0.15) is 80.8 Å². The van der Waals surface area contributed by atoms with Gasteiger partial charge in [0, 0.05) is 42.1 Å². The maximum atomic E-state index is 13.3. The SMILES string of the molecule is Cc1nc2ccccc2n1C1CC2CCC(C1)N2CCC1(c2ccccc2)CCN(C(=O)CCCc2ccc(Br)c(S(N)(=O)=O)c2)CC1. The van der Waals surface area contributed by atoms with Crippen LogP contribution in [-0.2, 0) is 26.7 Å². The van der Waals surface area contributed by atoms with E-state index in [1.54, 1.807) is 12.1 Å². The lowest BCUT2D eigenvalue weighted by Crippen LogP contribution is -2.49. The number of nitrogens with two attached hydrogens (primary N) is 1. The number of sulfonamides is 1. The molecule has 1 amide bonds. The van der Waals surface area contributed by atoms with Crippen LogP contribution in [-0.4, -0.2) is 65.4 Å². The Morgan fingerprint density at radius 1 is 0.958 bits per heavy atom. The molecule has 7 rings (SSSR count). The average molecular weight is 733 g/mol. The number of para-hydroxylation sites is 2. The number of piperidine rings is 2. The monoisotopic (exact) mass is 731 g/mol. The number of likely N-dealkylation sites (tertiary alicyclic amines) is 1. The Balaban J connectivity index is 0.975. The molecule has 3 aliphatic rings. The number of aromatic nitrogens is 2. The zero-order valence-corrected chi connectivity index (χ0v) is 30.1. The van der Waals surface area contributed by atoms with E-state index in [4.69, 9.17) is 10.1 Å². The lowest BCUT2D eigenvalue weighted by atomic mass is 9.70. The van der Waals surface area contributed by atoms with Gasteiger partial charge in [-0.15, -0.1) is 0 Å². The van der Waals surface area contributed by atoms with E-state index in [2.05, 4.69) is 86.9 Å². The van der Waals surface area contributed by atoms with Crippen molar-refractivity contribution in [2.45, 2.75) is 99.6 Å². The fourth-order valence-corrected chi connectivity index (χ4v) is 10.6. The summed E-state index contributed by atoms with van der Waals surface area (Å²) >= 11 is 3.27. The van der Waals surface area contributed by atoms with Gasteiger partial charge in [0.15, 0.2) is 0 Å². The minimum atomic E-state index is -3.81. The lowest BCUT2D eigenvalue weighted by Gasteiger charge is -2.45. The zero-order chi connectivity index (χ0) is 33.5. The minimum absolute atomic E-state index is 0.0625. The number of benzene rings is 3. The van der Waals surface area contributed by atoms with E-state index < -0.39 is 10.0 Å². The number of carbonyl (C=O) groups excluding carboxylic acids is 1. The zero-order valence-electron chi connectivity index (χ0n) is 27.7. The molecule has 10 heteroatoms. The van der Waals surface area contributed by atoms with Crippen molar-refractivity contribution in [2.24, 2.45) is 5.14 Å². The van der Waals surface area contributed by atoms with Gasteiger partial charge in [0.2, 0.25) is 15.9 Å². The molecule has 4 heterocycles. The molecule has 3 fully saturated rings. The third-order valence-corrected chi connectivity index (χ3v) is 13.4. The maximum Gasteiger partial charge on any atom is 0.239 e. The summed E-state index contributed by atoms with van der Waals surface area (Å²) in [6.45, 7) is 4.79. The van der Waals surface area contributed by atoms with Gasteiger partial charge in [-0.1, -0.05) is 48.5 Å². The highest BCUT2D eigenvalue weighted by Crippen LogP contribution is 2.45. The first-order valence-electron chi connectivity index (χ1n) is 17.5. The second-order valence-electron chi connectivity index (χ2n) is 14.2. The standard InChI is InChI=1S/C38H46BrN5O3S/c1-27-41-34-11-5-6-12-35(34)44(27)32-25-30-15-16-31(26-32)43(30)23-20-38(29-9-3-2-4-10-29)18-21-42(22-19-38)37(45)13-7-8-28-14-17-33(39)36(24-28)48(40,46)47/h2-6,9-12,14,17,24,30-32H,7-8,13,15-16,18-23,25-26H2,1H3,(H2,40,46,47). The van der Waals surface area contributed by atoms with Crippen LogP contribution >= 0.6 is 15.9 Å². The lowest BCUT2D eigenvalue weighted by molar-refractivity contribution is -0.133. The Morgan fingerprint density at radius 2 is 1.65 bits per heavy atom. The van der Waals surface area contributed by atoms with Crippen molar-refractivity contribution in [2.75, 3.05) is 19.6 Å². The Bertz CT molecular complexity index is 1870. The molecule has 2 bridgehead atoms. The van der Waals surface area contributed by atoms with Gasteiger partial charge in [0.1, 0.15) is 5.82 Å². The van der Waals surface area contributed by atoms with Crippen molar-refractivity contribution < 1.29 is 13.2 Å². The third kappa shape index (κ3) is 6.73. The number of aryl methyl sites for hydroxylation is 2. The molecule has 48 heavy (non-hydrogen) atoms. The largest absolute Gasteiger partial charge is 0.343 e. The fourth-order valence-electron chi connectivity index (χ4n) is 8.97. The van der Waals surface area contributed by atoms with E-state index in [-0.39, 0.29) is 16.2 Å². The second-order valence-corrected chi connectivity index (χ2v) is 16.6. The summed E-state index contributed by atoms with van der Waals surface area (Å²) in [5.74, 6) is 1.31. The molecule has 8 nitrogen and oxygen atoms in total. The molecule has 254 valence electrons. The number of hydrogen-bond acceptors (Lipinski definition) is 5. The topological polar surface area (TPSA) is 102 Å². The first-order valence-corrected chi connectivity index (χ1v) is 19.8. The van der Waals surface area contributed by atoms with Gasteiger partial charge in [-0.2, -0.15) is 0 Å². The van der Waals surface area contributed by atoms with E-state index in [0.29, 0.717) is 41.9 Å². The molecule has 0 saturated carbocycles. The number of carbonyl (C=O) groups is 1. The van der Waals surface area contributed by atoms with Crippen molar-refractivity contribution in [3.8, 4) is 0 Å². The molecule has 3 saturated heterocycles. The quantitative estimate of drug-likeness (QED) is 0.191. The smallest absolute Gasteiger partial charge is 0.239 e. The predicted molar refractivity (Wildman–Crippen MR) is 193 cm³/mol. The highest BCUT2D eigenvalue weighted by molar-refractivity contribution is 9.10. The number of imidazole rings is 1. The highest BCUT2D eigenvalue weighted by Gasteiger charge is 2.44. The summed E-state index contributed by atoms with van der Waals surface area (Å²) in [6.07, 6.45) is 9.70. The number of primary sulfonamides is 1. The van der Waals surface area contributed by atoms with Crippen molar-refractivity contribution in [3.63, 3.8) is 0 Å². The molecule has 3 aliphatic heterocycles. The second kappa shape index (κ2) is 13.7. The minimum Gasteiger partial charge on any atom is -0.343 e. The van der Waals surface area contributed by atoms with Gasteiger partial charge in [0.25, 0.3) is 0 Å². The van der Waals surface area contributed by atoms with Crippen LogP contribution in [0.25, 0.3) is 11.0 Å². The predicted octanol–water partition coefficient (Wildman–Crippen LogP) is 6.90. The number of rotatable bonds is 10. The van der Waals surface area contributed by atoms with Crippen LogP contribution in [0, 0.1) is 6.92 Å². The van der Waals surface area contributed by atoms with Crippen LogP contribution < -0.4 is 5.14 Å². The van der Waals surface area contributed by atoms with Crippen LogP contribution in [0.3, 0.4) is 0 Å². The summed E-state index contributed by atoms with van der Waals surface area (Å²) < 4.78 is 26.8. The van der Waals surface area contributed by atoms with Gasteiger partial charge in [-0.25, -0.2) is 18.5 Å². The summed E-state index contributed by atoms with van der Waals surface area (Å²) in [7, 11) is -3.81. The molecular weight excluding hydrogens is 686 g/mol. The van der Waals surface area contributed by atoms with Crippen molar-refractivity contribution >= 4 is 42.9 Å². The Hall–Kier alpha value is -3.05. The van der Waals surface area contributed by atoms with Crippen LogP contribution in [0.15, 0.2) is 82.2 Å². The summed E-state index contributed by atoms with van der Waals surface area (Å²) in [5, 5.41) is 5.37. The van der Waals surface area contributed by atoms with Gasteiger partial charge in [-0.05, 0) is 128 Å². The molecule has 0 aliphatic carbocycles. The number of halogens is 1. The first-order chi connectivity index (χ1) is 23.1. The molecule has 0 radical (unpaired) electrons. The average Bonchev–Trinajstić information content (AvgIpc) is 3.54. The molecule has 2 atom stereocenters.